The van der Waals surface area contributed by atoms with Gasteiger partial charge in [0.2, 0.25) is 5.88 Å². The molecule has 0 N–H and O–H groups in total. The van der Waals surface area contributed by atoms with E-state index < -0.39 is 33.2 Å². The largest absolute Gasteiger partial charge is 0.534 e. The van der Waals surface area contributed by atoms with Gasteiger partial charge in [-0.2, -0.15) is 34.8 Å². The van der Waals surface area contributed by atoms with E-state index in [9.17, 15) is 34.8 Å². The molecule has 12 heteroatoms. The Balaban J connectivity index is 1.97. The minimum Gasteiger partial charge on any atom is -0.455 e. The lowest BCUT2D eigenvalue weighted by Crippen LogP contribution is -2.29. The van der Waals surface area contributed by atoms with Crippen molar-refractivity contribution in [2.24, 2.45) is 0 Å². The summed E-state index contributed by atoms with van der Waals surface area (Å²) in [6.45, 7) is 0. The van der Waals surface area contributed by atoms with Crippen LogP contribution in [0.2, 0.25) is 0 Å². The van der Waals surface area contributed by atoms with E-state index in [-0.39, 0.29) is 23.5 Å². The van der Waals surface area contributed by atoms with Gasteiger partial charge in [-0.25, -0.2) is 4.98 Å². The van der Waals surface area contributed by atoms with Gasteiger partial charge in [0.1, 0.15) is 11.5 Å². The van der Waals surface area contributed by atoms with E-state index in [0.29, 0.717) is 24.8 Å². The summed E-state index contributed by atoms with van der Waals surface area (Å²) in [5.74, 6) is -0.838. The average Bonchev–Trinajstić information content (AvgIpc) is 2.62. The average molecular weight is 441 g/mol. The van der Waals surface area contributed by atoms with Crippen LogP contribution in [0.3, 0.4) is 0 Å². The number of alkyl halides is 6. The Morgan fingerprint density at radius 1 is 0.966 bits per heavy atom. The number of fused-ring (bicyclic) bond motifs is 1. The van der Waals surface area contributed by atoms with Crippen molar-refractivity contribution in [3.63, 3.8) is 0 Å². The van der Waals surface area contributed by atoms with Gasteiger partial charge in [0.05, 0.1) is 11.8 Å². The molecular weight excluding hydrogens is 428 g/mol. The summed E-state index contributed by atoms with van der Waals surface area (Å²) in [5, 5.41) is 0. The fourth-order valence-electron chi connectivity index (χ4n) is 2.86. The van der Waals surface area contributed by atoms with Gasteiger partial charge in [-0.15, -0.1) is 0 Å². The molecule has 5 nitrogen and oxygen atoms in total. The van der Waals surface area contributed by atoms with E-state index in [1.807, 2.05) is 0 Å². The summed E-state index contributed by atoms with van der Waals surface area (Å²) in [6.07, 6.45) is -1.97. The Kier molecular flexibility index (Phi) is 5.41. The van der Waals surface area contributed by atoms with Crippen molar-refractivity contribution in [1.82, 2.24) is 4.98 Å². The minimum atomic E-state index is -5.91. The normalized spacial score (nSPS) is 15.0. The maximum absolute atomic E-state index is 12.9. The van der Waals surface area contributed by atoms with Crippen LogP contribution >= 0.6 is 0 Å². The first-order chi connectivity index (χ1) is 13.4. The Morgan fingerprint density at radius 3 is 2.24 bits per heavy atom. The highest BCUT2D eigenvalue weighted by molar-refractivity contribution is 7.87. The second-order valence-corrected chi connectivity index (χ2v) is 7.74. The summed E-state index contributed by atoms with van der Waals surface area (Å²) < 4.78 is 109. The lowest BCUT2D eigenvalue weighted by molar-refractivity contribution is -0.137. The molecule has 0 aliphatic heterocycles. The molecule has 0 bridgehead atoms. The number of hydrogen-bond acceptors (Lipinski definition) is 5. The summed E-state index contributed by atoms with van der Waals surface area (Å²) in [6, 6.07) is 4.06. The summed E-state index contributed by atoms with van der Waals surface area (Å²) >= 11 is 0. The number of aromatic nitrogens is 1. The fraction of sp³-hybridized carbons (Fsp3) is 0.353. The van der Waals surface area contributed by atoms with E-state index in [4.69, 9.17) is 4.74 Å². The molecule has 0 unspecified atom stereocenters. The van der Waals surface area contributed by atoms with Crippen molar-refractivity contribution in [3.8, 4) is 17.4 Å². The number of ether oxygens (including phenoxy) is 1. The third-order valence-electron chi connectivity index (χ3n) is 4.18. The molecule has 0 radical (unpaired) electrons. The number of hydrogen-bond donors (Lipinski definition) is 0. The highest BCUT2D eigenvalue weighted by atomic mass is 32.2. The zero-order valence-electron chi connectivity index (χ0n) is 14.5. The van der Waals surface area contributed by atoms with E-state index in [0.717, 1.165) is 24.4 Å². The molecule has 158 valence electrons. The maximum atomic E-state index is 12.9. The SMILES string of the molecule is O=S(=O)(Oc1ncc(Oc2cccc(C(F)(F)F)c2)c2c1CCCC2)C(F)(F)F. The van der Waals surface area contributed by atoms with Gasteiger partial charge in [0.15, 0.2) is 0 Å². The fourth-order valence-corrected chi connectivity index (χ4v) is 3.31. The van der Waals surface area contributed by atoms with Crippen molar-refractivity contribution in [1.29, 1.82) is 0 Å². The first kappa shape index (κ1) is 21.2. The van der Waals surface area contributed by atoms with Gasteiger partial charge in [-0.3, -0.25) is 0 Å². The first-order valence-corrected chi connectivity index (χ1v) is 9.66. The van der Waals surface area contributed by atoms with Crippen molar-refractivity contribution in [3.05, 3.63) is 47.2 Å². The molecular formula is C17H13F6NO4S. The maximum Gasteiger partial charge on any atom is 0.534 e. The monoisotopic (exact) mass is 441 g/mol. The zero-order chi connectivity index (χ0) is 21.4. The molecule has 1 aromatic heterocycles. The third-order valence-corrected chi connectivity index (χ3v) is 5.13. The number of benzene rings is 1. The second-order valence-electron chi connectivity index (χ2n) is 6.20. The molecule has 0 atom stereocenters. The first-order valence-electron chi connectivity index (χ1n) is 8.25. The van der Waals surface area contributed by atoms with Gasteiger partial charge in [-0.1, -0.05) is 6.07 Å². The van der Waals surface area contributed by atoms with Crippen LogP contribution in [-0.4, -0.2) is 18.9 Å². The zero-order valence-corrected chi connectivity index (χ0v) is 15.3. The van der Waals surface area contributed by atoms with E-state index in [1.165, 1.54) is 6.07 Å². The van der Waals surface area contributed by atoms with Crippen molar-refractivity contribution in [2.45, 2.75) is 37.4 Å². The minimum absolute atomic E-state index is 0.0239. The molecule has 1 aliphatic rings. The summed E-state index contributed by atoms with van der Waals surface area (Å²) in [7, 11) is -5.91. The molecule has 2 aromatic rings. The van der Waals surface area contributed by atoms with Crippen LogP contribution in [0.1, 0.15) is 29.5 Å². The van der Waals surface area contributed by atoms with Crippen LogP contribution in [0.15, 0.2) is 30.5 Å². The van der Waals surface area contributed by atoms with Crippen LogP contribution in [-0.2, 0) is 29.1 Å². The van der Waals surface area contributed by atoms with Crippen LogP contribution < -0.4 is 8.92 Å². The Morgan fingerprint density at radius 2 is 1.62 bits per heavy atom. The van der Waals surface area contributed by atoms with E-state index >= 15 is 0 Å². The molecule has 0 saturated carbocycles. The molecule has 1 heterocycles. The highest BCUT2D eigenvalue weighted by Gasteiger charge is 2.49. The van der Waals surface area contributed by atoms with E-state index in [2.05, 4.69) is 9.17 Å². The molecule has 3 rings (SSSR count). The molecule has 1 aliphatic carbocycles. The lowest BCUT2D eigenvalue weighted by Gasteiger charge is -2.21. The van der Waals surface area contributed by atoms with Gasteiger partial charge in [-0.05, 0) is 43.9 Å². The predicted molar refractivity (Wildman–Crippen MR) is 88.0 cm³/mol. The molecule has 0 amide bonds. The summed E-state index contributed by atoms with van der Waals surface area (Å²) in [5.41, 5.74) is -6.10. The van der Waals surface area contributed by atoms with Crippen molar-refractivity contribution < 1.29 is 43.7 Å². The topological polar surface area (TPSA) is 65.5 Å². The molecule has 0 spiro atoms. The molecule has 0 saturated heterocycles. The Hall–Kier alpha value is -2.50. The lowest BCUT2D eigenvalue weighted by atomic mass is 9.92. The van der Waals surface area contributed by atoms with Gasteiger partial charge in [0.25, 0.3) is 0 Å². The smallest absolute Gasteiger partial charge is 0.455 e. The Bertz CT molecular complexity index is 1020. The van der Waals surface area contributed by atoms with Crippen LogP contribution in [0.4, 0.5) is 26.3 Å². The quantitative estimate of drug-likeness (QED) is 0.380. The number of nitrogens with zero attached hydrogens (tertiary/aromatic N) is 1. The van der Waals surface area contributed by atoms with Crippen LogP contribution in [0.25, 0.3) is 0 Å². The van der Waals surface area contributed by atoms with Crippen LogP contribution in [0, 0.1) is 0 Å². The molecule has 1 aromatic carbocycles. The highest BCUT2D eigenvalue weighted by Crippen LogP contribution is 2.39. The number of pyridine rings is 1. The predicted octanol–water partition coefficient (Wildman–Crippen LogP) is 5.00. The standard InChI is InChI=1S/C17H13F6NO4S/c18-16(19,20)10-4-3-5-11(8-10)27-14-9-24-15(13-7-2-1-6-12(13)14)28-29(25,26)17(21,22)23/h3-5,8-9H,1-2,6-7H2. The summed E-state index contributed by atoms with van der Waals surface area (Å²) in [4.78, 5) is 3.61. The Labute approximate surface area is 161 Å². The van der Waals surface area contributed by atoms with Gasteiger partial charge < -0.3 is 8.92 Å². The molecule has 0 fully saturated rings. The molecule has 29 heavy (non-hydrogen) atoms. The van der Waals surface area contributed by atoms with E-state index in [1.54, 1.807) is 0 Å². The second kappa shape index (κ2) is 7.39. The number of halogens is 6. The van der Waals surface area contributed by atoms with Crippen LogP contribution in [0.5, 0.6) is 17.4 Å². The number of rotatable bonds is 4. The van der Waals surface area contributed by atoms with Gasteiger partial charge in [0, 0.05) is 11.1 Å². The van der Waals surface area contributed by atoms with Gasteiger partial charge >= 0.3 is 21.8 Å². The van der Waals surface area contributed by atoms with Crippen molar-refractivity contribution in [2.75, 3.05) is 0 Å². The van der Waals surface area contributed by atoms with Crippen molar-refractivity contribution >= 4 is 10.1 Å². The third kappa shape index (κ3) is 4.57.